The van der Waals surface area contributed by atoms with Crippen molar-refractivity contribution in [2.75, 3.05) is 26.7 Å². The third kappa shape index (κ3) is 4.26. The van der Waals surface area contributed by atoms with E-state index in [1.807, 2.05) is 0 Å². The number of nitrogens with one attached hydrogen (secondary N) is 1. The second kappa shape index (κ2) is 6.75. The molecule has 0 amide bonds. The largest absolute Gasteiger partial charge is 0.314 e. The van der Waals surface area contributed by atoms with Gasteiger partial charge in [0.25, 0.3) is 0 Å². The molecule has 17 heavy (non-hydrogen) atoms. The second-order valence-electron chi connectivity index (χ2n) is 6.35. The Balaban J connectivity index is 1.60. The molecule has 1 aliphatic carbocycles. The van der Waals surface area contributed by atoms with Gasteiger partial charge in [0.15, 0.2) is 0 Å². The topological polar surface area (TPSA) is 15.3 Å². The summed E-state index contributed by atoms with van der Waals surface area (Å²) < 4.78 is 0. The van der Waals surface area contributed by atoms with E-state index in [9.17, 15) is 0 Å². The molecule has 1 N–H and O–H groups in total. The zero-order valence-electron chi connectivity index (χ0n) is 11.8. The molecular weight excluding hydrogens is 208 g/mol. The summed E-state index contributed by atoms with van der Waals surface area (Å²) in [5.74, 6) is 1.90. The van der Waals surface area contributed by atoms with E-state index in [0.717, 1.165) is 11.8 Å². The smallest absolute Gasteiger partial charge is 0.00792 e. The highest BCUT2D eigenvalue weighted by Gasteiger charge is 2.22. The number of rotatable bonds is 5. The Hall–Kier alpha value is -0.0800. The van der Waals surface area contributed by atoms with Crippen LogP contribution < -0.4 is 5.32 Å². The van der Waals surface area contributed by atoms with Crippen molar-refractivity contribution in [3.8, 4) is 0 Å². The third-order valence-corrected chi connectivity index (χ3v) is 4.86. The maximum Gasteiger partial charge on any atom is 0.00792 e. The maximum absolute atomic E-state index is 3.77. The van der Waals surface area contributed by atoms with Gasteiger partial charge in [0.05, 0.1) is 0 Å². The molecule has 2 atom stereocenters. The van der Waals surface area contributed by atoms with Crippen LogP contribution in [-0.2, 0) is 0 Å². The van der Waals surface area contributed by atoms with Crippen molar-refractivity contribution in [1.29, 1.82) is 0 Å². The molecule has 1 saturated carbocycles. The van der Waals surface area contributed by atoms with Crippen molar-refractivity contribution in [1.82, 2.24) is 10.2 Å². The SMILES string of the molecule is CC(NCCC1CCCC1)C1CCCN(C)C1. The van der Waals surface area contributed by atoms with Gasteiger partial charge in [0, 0.05) is 12.6 Å². The Kier molecular flexibility index (Phi) is 5.30. The minimum absolute atomic E-state index is 0.708. The summed E-state index contributed by atoms with van der Waals surface area (Å²) in [6, 6.07) is 0.708. The fourth-order valence-electron chi connectivity index (χ4n) is 3.60. The highest BCUT2D eigenvalue weighted by atomic mass is 15.1. The monoisotopic (exact) mass is 238 g/mol. The van der Waals surface area contributed by atoms with E-state index in [-0.39, 0.29) is 0 Å². The van der Waals surface area contributed by atoms with Crippen LogP contribution in [0.3, 0.4) is 0 Å². The predicted octanol–water partition coefficient (Wildman–Crippen LogP) is 2.89. The van der Waals surface area contributed by atoms with Gasteiger partial charge >= 0.3 is 0 Å². The lowest BCUT2D eigenvalue weighted by molar-refractivity contribution is 0.178. The first kappa shape index (κ1) is 13.4. The summed E-state index contributed by atoms with van der Waals surface area (Å²) in [7, 11) is 2.26. The molecule has 2 fully saturated rings. The van der Waals surface area contributed by atoms with Crippen LogP contribution >= 0.6 is 0 Å². The lowest BCUT2D eigenvalue weighted by Crippen LogP contribution is -2.43. The standard InChI is InChI=1S/C15H30N2/c1-13(15-8-5-11-17(2)12-15)16-10-9-14-6-3-4-7-14/h13-16H,3-12H2,1-2H3. The quantitative estimate of drug-likeness (QED) is 0.792. The molecule has 0 radical (unpaired) electrons. The van der Waals surface area contributed by atoms with Gasteiger partial charge in [0.1, 0.15) is 0 Å². The number of hydrogen-bond acceptors (Lipinski definition) is 2. The van der Waals surface area contributed by atoms with Gasteiger partial charge in [-0.3, -0.25) is 0 Å². The van der Waals surface area contributed by atoms with Crippen molar-refractivity contribution >= 4 is 0 Å². The zero-order chi connectivity index (χ0) is 12.1. The average molecular weight is 238 g/mol. The Morgan fingerprint density at radius 3 is 2.65 bits per heavy atom. The predicted molar refractivity (Wildman–Crippen MR) is 74.3 cm³/mol. The molecule has 100 valence electrons. The van der Waals surface area contributed by atoms with Crippen LogP contribution in [0.15, 0.2) is 0 Å². The van der Waals surface area contributed by atoms with Crippen LogP contribution in [0.5, 0.6) is 0 Å². The molecule has 0 aromatic heterocycles. The molecule has 0 spiro atoms. The number of piperidine rings is 1. The Labute approximate surface area is 107 Å². The van der Waals surface area contributed by atoms with Gasteiger partial charge in [-0.05, 0) is 58.2 Å². The molecule has 1 saturated heterocycles. The van der Waals surface area contributed by atoms with E-state index < -0.39 is 0 Å². The van der Waals surface area contributed by atoms with E-state index >= 15 is 0 Å². The molecule has 2 unspecified atom stereocenters. The molecule has 2 heteroatoms. The molecule has 2 rings (SSSR count). The van der Waals surface area contributed by atoms with Crippen molar-refractivity contribution in [2.45, 2.75) is 57.9 Å². The van der Waals surface area contributed by atoms with Gasteiger partial charge in [0.2, 0.25) is 0 Å². The maximum atomic E-state index is 3.77. The van der Waals surface area contributed by atoms with Crippen molar-refractivity contribution in [3.63, 3.8) is 0 Å². The molecule has 2 aliphatic rings. The Bertz CT molecular complexity index is 211. The normalized spacial score (nSPS) is 29.6. The fourth-order valence-corrected chi connectivity index (χ4v) is 3.60. The van der Waals surface area contributed by atoms with E-state index in [1.54, 1.807) is 0 Å². The van der Waals surface area contributed by atoms with Crippen LogP contribution in [0.25, 0.3) is 0 Å². The van der Waals surface area contributed by atoms with Crippen LogP contribution in [-0.4, -0.2) is 37.6 Å². The molecular formula is C15H30N2. The van der Waals surface area contributed by atoms with Gasteiger partial charge in [-0.15, -0.1) is 0 Å². The van der Waals surface area contributed by atoms with Gasteiger partial charge < -0.3 is 10.2 Å². The van der Waals surface area contributed by atoms with Gasteiger partial charge in [-0.25, -0.2) is 0 Å². The molecule has 0 aromatic rings. The molecule has 1 heterocycles. The van der Waals surface area contributed by atoms with Gasteiger partial charge in [-0.2, -0.15) is 0 Å². The van der Waals surface area contributed by atoms with E-state index in [0.29, 0.717) is 6.04 Å². The van der Waals surface area contributed by atoms with E-state index in [1.165, 1.54) is 64.6 Å². The van der Waals surface area contributed by atoms with E-state index in [2.05, 4.69) is 24.2 Å². The van der Waals surface area contributed by atoms with Crippen LogP contribution in [0.4, 0.5) is 0 Å². The van der Waals surface area contributed by atoms with Crippen LogP contribution in [0.1, 0.15) is 51.9 Å². The molecule has 0 bridgehead atoms. The Morgan fingerprint density at radius 1 is 1.18 bits per heavy atom. The highest BCUT2D eigenvalue weighted by Crippen LogP contribution is 2.27. The molecule has 1 aliphatic heterocycles. The minimum atomic E-state index is 0.708. The summed E-state index contributed by atoms with van der Waals surface area (Å²) >= 11 is 0. The first-order valence-corrected chi connectivity index (χ1v) is 7.67. The zero-order valence-corrected chi connectivity index (χ0v) is 11.8. The van der Waals surface area contributed by atoms with Gasteiger partial charge in [-0.1, -0.05) is 25.7 Å². The lowest BCUT2D eigenvalue weighted by atomic mass is 9.91. The number of nitrogens with zero attached hydrogens (tertiary/aromatic N) is 1. The summed E-state index contributed by atoms with van der Waals surface area (Å²) in [4.78, 5) is 2.49. The number of likely N-dealkylation sites (tertiary alicyclic amines) is 1. The Morgan fingerprint density at radius 2 is 1.94 bits per heavy atom. The summed E-state index contributed by atoms with van der Waals surface area (Å²) in [5.41, 5.74) is 0. The van der Waals surface area contributed by atoms with Crippen LogP contribution in [0.2, 0.25) is 0 Å². The van der Waals surface area contributed by atoms with Crippen molar-refractivity contribution < 1.29 is 0 Å². The fraction of sp³-hybridized carbons (Fsp3) is 1.00. The third-order valence-electron chi connectivity index (χ3n) is 4.86. The second-order valence-corrected chi connectivity index (χ2v) is 6.35. The minimum Gasteiger partial charge on any atom is -0.314 e. The van der Waals surface area contributed by atoms with Crippen molar-refractivity contribution in [2.24, 2.45) is 11.8 Å². The summed E-state index contributed by atoms with van der Waals surface area (Å²) in [5, 5.41) is 3.77. The number of hydrogen-bond donors (Lipinski definition) is 1. The van der Waals surface area contributed by atoms with Crippen molar-refractivity contribution in [3.05, 3.63) is 0 Å². The highest BCUT2D eigenvalue weighted by molar-refractivity contribution is 4.79. The van der Waals surface area contributed by atoms with E-state index in [4.69, 9.17) is 0 Å². The first-order chi connectivity index (χ1) is 8.25. The lowest BCUT2D eigenvalue weighted by Gasteiger charge is -2.34. The molecule has 0 aromatic carbocycles. The average Bonchev–Trinajstić information content (AvgIpc) is 2.82. The summed E-state index contributed by atoms with van der Waals surface area (Å²) in [6.07, 6.45) is 10.1. The first-order valence-electron chi connectivity index (χ1n) is 7.67. The van der Waals surface area contributed by atoms with Crippen LogP contribution in [0, 0.1) is 11.8 Å². The summed E-state index contributed by atoms with van der Waals surface area (Å²) in [6.45, 7) is 6.22. The molecule has 2 nitrogen and oxygen atoms in total.